The summed E-state index contributed by atoms with van der Waals surface area (Å²) in [6.07, 6.45) is -0.0260. The Balaban J connectivity index is 1.56. The van der Waals surface area contributed by atoms with Gasteiger partial charge in [-0.25, -0.2) is 9.78 Å². The number of aromatic nitrogens is 1. The number of thiazole rings is 1. The van der Waals surface area contributed by atoms with Crippen molar-refractivity contribution in [1.82, 2.24) is 20.1 Å². The number of carbonyl (C=O) groups excluding carboxylic acids is 1. The van der Waals surface area contributed by atoms with Crippen LogP contribution in [0.15, 0.2) is 29.6 Å². The molecule has 29 heavy (non-hydrogen) atoms. The number of carboxylic acid groups (broad SMARTS) is 1. The summed E-state index contributed by atoms with van der Waals surface area (Å²) in [7, 11) is 2.15. The van der Waals surface area contributed by atoms with Crippen LogP contribution in [-0.2, 0) is 22.6 Å². The van der Waals surface area contributed by atoms with Crippen LogP contribution in [0.2, 0.25) is 0 Å². The smallest absolute Gasteiger partial charge is 0.328 e. The van der Waals surface area contributed by atoms with E-state index in [-0.39, 0.29) is 6.42 Å². The van der Waals surface area contributed by atoms with Gasteiger partial charge < -0.3 is 20.4 Å². The van der Waals surface area contributed by atoms with Crippen molar-refractivity contribution in [3.05, 3.63) is 40.9 Å². The van der Waals surface area contributed by atoms with Crippen LogP contribution in [0.1, 0.15) is 11.3 Å². The number of carboxylic acids is 1. The van der Waals surface area contributed by atoms with Gasteiger partial charge in [0.1, 0.15) is 11.0 Å². The van der Waals surface area contributed by atoms with E-state index in [1.165, 1.54) is 16.9 Å². The minimum Gasteiger partial charge on any atom is -0.480 e. The van der Waals surface area contributed by atoms with Gasteiger partial charge in [0.2, 0.25) is 5.91 Å². The number of rotatable bonds is 8. The Morgan fingerprint density at radius 1 is 1.21 bits per heavy atom. The zero-order chi connectivity index (χ0) is 20.8. The molecular formula is C20H26N4O4S. The van der Waals surface area contributed by atoms with Gasteiger partial charge in [-0.2, -0.15) is 0 Å². The molecule has 0 radical (unpaired) electrons. The number of amides is 1. The summed E-state index contributed by atoms with van der Waals surface area (Å²) in [5.41, 5.74) is 2.83. The van der Waals surface area contributed by atoms with Crippen molar-refractivity contribution in [2.45, 2.75) is 19.0 Å². The molecular weight excluding hydrogens is 392 g/mol. The third kappa shape index (κ3) is 6.07. The molecule has 0 saturated carbocycles. The monoisotopic (exact) mass is 418 g/mol. The SMILES string of the molecule is CN1CCN(Cc2ccc(-c3nc(CC(=O)NC(CO)C(=O)O)cs3)cc2)CC1. The summed E-state index contributed by atoms with van der Waals surface area (Å²) in [6.45, 7) is 4.64. The number of nitrogens with zero attached hydrogens (tertiary/aromatic N) is 3. The molecule has 1 unspecified atom stereocenters. The largest absolute Gasteiger partial charge is 0.480 e. The number of aliphatic hydroxyl groups is 1. The topological polar surface area (TPSA) is 106 Å². The quantitative estimate of drug-likeness (QED) is 0.578. The summed E-state index contributed by atoms with van der Waals surface area (Å²) >= 11 is 1.44. The van der Waals surface area contributed by atoms with Crippen molar-refractivity contribution in [3.63, 3.8) is 0 Å². The zero-order valence-corrected chi connectivity index (χ0v) is 17.2. The Bertz CT molecular complexity index is 831. The molecule has 1 saturated heterocycles. The van der Waals surface area contributed by atoms with E-state index in [0.717, 1.165) is 43.3 Å². The molecule has 0 bridgehead atoms. The molecule has 1 aliphatic heterocycles. The lowest BCUT2D eigenvalue weighted by Crippen LogP contribution is -2.43. The molecule has 0 spiro atoms. The fourth-order valence-electron chi connectivity index (χ4n) is 3.13. The van der Waals surface area contributed by atoms with Crippen molar-refractivity contribution in [2.24, 2.45) is 0 Å². The maximum absolute atomic E-state index is 12.0. The molecule has 3 rings (SSSR count). The van der Waals surface area contributed by atoms with Gasteiger partial charge in [-0.1, -0.05) is 24.3 Å². The highest BCUT2D eigenvalue weighted by Gasteiger charge is 2.19. The van der Waals surface area contributed by atoms with Crippen LogP contribution in [0.25, 0.3) is 10.6 Å². The molecule has 1 aromatic carbocycles. The van der Waals surface area contributed by atoms with Crippen LogP contribution in [-0.4, -0.2) is 82.7 Å². The summed E-state index contributed by atoms with van der Waals surface area (Å²) in [4.78, 5) is 32.1. The Morgan fingerprint density at radius 3 is 2.52 bits per heavy atom. The van der Waals surface area contributed by atoms with Gasteiger partial charge in [-0.15, -0.1) is 11.3 Å². The molecule has 156 valence electrons. The highest BCUT2D eigenvalue weighted by Crippen LogP contribution is 2.24. The Kier molecular flexibility index (Phi) is 7.32. The number of nitrogens with one attached hydrogen (secondary N) is 1. The minimum absolute atomic E-state index is 0.0260. The van der Waals surface area contributed by atoms with Crippen LogP contribution in [0.3, 0.4) is 0 Å². The zero-order valence-electron chi connectivity index (χ0n) is 16.4. The van der Waals surface area contributed by atoms with Crippen LogP contribution in [0, 0.1) is 0 Å². The molecule has 9 heteroatoms. The van der Waals surface area contributed by atoms with Crippen molar-refractivity contribution in [2.75, 3.05) is 39.8 Å². The lowest BCUT2D eigenvalue weighted by molar-refractivity contribution is -0.142. The second-order valence-corrected chi connectivity index (χ2v) is 8.10. The Morgan fingerprint density at radius 2 is 1.90 bits per heavy atom. The third-order valence-electron chi connectivity index (χ3n) is 4.91. The molecule has 1 amide bonds. The van der Waals surface area contributed by atoms with Gasteiger partial charge in [0.25, 0.3) is 0 Å². The molecule has 2 aromatic rings. The van der Waals surface area contributed by atoms with E-state index in [1.807, 2.05) is 12.1 Å². The summed E-state index contributed by atoms with van der Waals surface area (Å²) in [5, 5.41) is 22.8. The van der Waals surface area contributed by atoms with E-state index in [2.05, 4.69) is 39.3 Å². The third-order valence-corrected chi connectivity index (χ3v) is 5.85. The fourth-order valence-corrected chi connectivity index (χ4v) is 3.96. The Hall–Kier alpha value is -2.33. The second-order valence-electron chi connectivity index (χ2n) is 7.24. The maximum atomic E-state index is 12.0. The molecule has 0 aliphatic carbocycles. The standard InChI is InChI=1S/C20H26N4O4S/c1-23-6-8-24(9-7-23)11-14-2-4-15(5-3-14)19-21-16(13-29-19)10-18(26)22-17(12-25)20(27)28/h2-5,13,17,25H,6-12H2,1H3,(H,22,26)(H,27,28). The van der Waals surface area contributed by atoms with Crippen LogP contribution in [0.4, 0.5) is 0 Å². The lowest BCUT2D eigenvalue weighted by atomic mass is 10.1. The summed E-state index contributed by atoms with van der Waals surface area (Å²) < 4.78 is 0. The van der Waals surface area contributed by atoms with E-state index in [1.54, 1.807) is 5.38 Å². The van der Waals surface area contributed by atoms with Crippen molar-refractivity contribution in [1.29, 1.82) is 0 Å². The fraction of sp³-hybridized carbons (Fsp3) is 0.450. The molecule has 1 aliphatic rings. The summed E-state index contributed by atoms with van der Waals surface area (Å²) in [6, 6.07) is 7.01. The van der Waals surface area contributed by atoms with Crippen molar-refractivity contribution in [3.8, 4) is 10.6 Å². The first kappa shape index (κ1) is 21.4. The van der Waals surface area contributed by atoms with Crippen molar-refractivity contribution < 1.29 is 19.8 Å². The highest BCUT2D eigenvalue weighted by atomic mass is 32.1. The van der Waals surface area contributed by atoms with E-state index in [9.17, 15) is 9.59 Å². The van der Waals surface area contributed by atoms with E-state index in [0.29, 0.717) is 5.69 Å². The van der Waals surface area contributed by atoms with Gasteiger partial charge in [0.15, 0.2) is 0 Å². The average Bonchev–Trinajstić information content (AvgIpc) is 3.16. The summed E-state index contributed by atoms with van der Waals surface area (Å²) in [5.74, 6) is -1.75. The number of piperazine rings is 1. The highest BCUT2D eigenvalue weighted by molar-refractivity contribution is 7.13. The molecule has 1 aromatic heterocycles. The van der Waals surface area contributed by atoms with Gasteiger partial charge in [-0.3, -0.25) is 9.69 Å². The predicted octanol–water partition coefficient (Wildman–Crippen LogP) is 0.662. The molecule has 3 N–H and O–H groups in total. The average molecular weight is 419 g/mol. The number of benzene rings is 1. The maximum Gasteiger partial charge on any atom is 0.328 e. The number of hydrogen-bond donors (Lipinski definition) is 3. The normalized spacial score (nSPS) is 16.5. The lowest BCUT2D eigenvalue weighted by Gasteiger charge is -2.32. The van der Waals surface area contributed by atoms with Gasteiger partial charge in [0, 0.05) is 43.7 Å². The molecule has 2 heterocycles. The number of likely N-dealkylation sites (N-methyl/N-ethyl adjacent to an activating group) is 1. The van der Waals surface area contributed by atoms with Crippen LogP contribution < -0.4 is 5.32 Å². The first-order chi connectivity index (χ1) is 13.9. The number of hydrogen-bond acceptors (Lipinski definition) is 7. The number of carbonyl (C=O) groups is 2. The van der Waals surface area contributed by atoms with E-state index < -0.39 is 24.5 Å². The first-order valence-corrected chi connectivity index (χ1v) is 10.4. The first-order valence-electron chi connectivity index (χ1n) is 9.52. The van der Waals surface area contributed by atoms with Gasteiger partial charge in [0.05, 0.1) is 18.7 Å². The number of aliphatic hydroxyl groups excluding tert-OH is 1. The number of aliphatic carboxylic acids is 1. The van der Waals surface area contributed by atoms with Gasteiger partial charge >= 0.3 is 5.97 Å². The van der Waals surface area contributed by atoms with Crippen LogP contribution >= 0.6 is 11.3 Å². The van der Waals surface area contributed by atoms with E-state index in [4.69, 9.17) is 10.2 Å². The predicted molar refractivity (Wildman–Crippen MR) is 111 cm³/mol. The molecule has 8 nitrogen and oxygen atoms in total. The van der Waals surface area contributed by atoms with Crippen LogP contribution in [0.5, 0.6) is 0 Å². The second kappa shape index (κ2) is 9.93. The molecule has 1 fully saturated rings. The minimum atomic E-state index is -1.30. The van der Waals surface area contributed by atoms with Crippen molar-refractivity contribution >= 4 is 23.2 Å². The van der Waals surface area contributed by atoms with Gasteiger partial charge in [-0.05, 0) is 12.6 Å². The molecule has 1 atom stereocenters. The Labute approximate surface area is 173 Å². The van der Waals surface area contributed by atoms with E-state index >= 15 is 0 Å².